The molecule has 1 aromatic heterocycles. The van der Waals surface area contributed by atoms with E-state index in [0.29, 0.717) is 4.90 Å². The highest BCUT2D eigenvalue weighted by atomic mass is 32.1. The van der Waals surface area contributed by atoms with Crippen LogP contribution in [0.1, 0.15) is 4.88 Å². The maximum Gasteiger partial charge on any atom is 0.271 e. The molecule has 44 valence electrons. The van der Waals surface area contributed by atoms with Crippen LogP contribution in [0.5, 0.6) is 0 Å². The monoisotopic (exact) mass is 147 g/mol. The summed E-state index contributed by atoms with van der Waals surface area (Å²) >= 11 is 5.25. The van der Waals surface area contributed by atoms with Crippen molar-refractivity contribution in [1.29, 1.82) is 0 Å². The van der Waals surface area contributed by atoms with Gasteiger partial charge in [0.15, 0.2) is 0 Å². The van der Waals surface area contributed by atoms with Gasteiger partial charge in [0.2, 0.25) is 0 Å². The molecule has 1 rings (SSSR count). The second kappa shape index (κ2) is 1.95. The third-order valence-corrected chi connectivity index (χ3v) is 2.33. The fraction of sp³-hybridized carbons (Fsp3) is 0.250. The first-order valence-electron chi connectivity index (χ1n) is 2.09. The highest BCUT2D eigenvalue weighted by Gasteiger charge is 1.97. The number of hydrogen-bond acceptors (Lipinski definition) is 3. The highest BCUT2D eigenvalue weighted by Crippen LogP contribution is 2.09. The molecule has 0 atom stereocenters. The summed E-state index contributed by atoms with van der Waals surface area (Å²) in [4.78, 5) is 12.0. The normalized spacial score (nSPS) is 9.75. The average Bonchev–Trinajstić information content (AvgIpc) is 1.98. The predicted molar refractivity (Wildman–Crippen MR) is 36.9 cm³/mol. The molecule has 0 unspecified atom stereocenters. The molecule has 2 nitrogen and oxygen atoms in total. The molecular weight excluding hydrogens is 142 g/mol. The van der Waals surface area contributed by atoms with Crippen LogP contribution in [0.3, 0.4) is 0 Å². The molecule has 1 heterocycles. The Morgan fingerprint density at radius 3 is 2.50 bits per heavy atom. The highest BCUT2D eigenvalue weighted by molar-refractivity contribution is 7.80. The van der Waals surface area contributed by atoms with Crippen LogP contribution in [0.25, 0.3) is 0 Å². The van der Waals surface area contributed by atoms with Gasteiger partial charge in [0, 0.05) is 4.88 Å². The van der Waals surface area contributed by atoms with E-state index in [-0.39, 0.29) is 5.56 Å². The fourth-order valence-electron chi connectivity index (χ4n) is 0.379. The number of nitrogens with one attached hydrogen (secondary N) is 1. The van der Waals surface area contributed by atoms with Crippen molar-refractivity contribution in [1.82, 2.24) is 4.37 Å². The van der Waals surface area contributed by atoms with Gasteiger partial charge >= 0.3 is 0 Å². The molecule has 8 heavy (non-hydrogen) atoms. The quantitative estimate of drug-likeness (QED) is 0.528. The van der Waals surface area contributed by atoms with Crippen LogP contribution in [-0.2, 0) is 0 Å². The van der Waals surface area contributed by atoms with Crippen molar-refractivity contribution in [2.45, 2.75) is 11.8 Å². The molecule has 0 aliphatic carbocycles. The topological polar surface area (TPSA) is 32.9 Å². The van der Waals surface area contributed by atoms with E-state index in [1.165, 1.54) is 11.5 Å². The van der Waals surface area contributed by atoms with E-state index in [0.717, 1.165) is 4.88 Å². The Morgan fingerprint density at radius 1 is 1.75 bits per heavy atom. The van der Waals surface area contributed by atoms with Gasteiger partial charge in [-0.1, -0.05) is 11.5 Å². The molecule has 0 aromatic carbocycles. The molecule has 4 heteroatoms. The molecule has 0 amide bonds. The Hall–Kier alpha value is -0.220. The summed E-state index contributed by atoms with van der Waals surface area (Å²) in [5.74, 6) is 0. The molecular formula is C4H5NOS2. The maximum absolute atomic E-state index is 10.5. The van der Waals surface area contributed by atoms with Crippen molar-refractivity contribution in [3.8, 4) is 0 Å². The number of thiol groups is 1. The van der Waals surface area contributed by atoms with Crippen molar-refractivity contribution >= 4 is 24.2 Å². The lowest BCUT2D eigenvalue weighted by molar-refractivity contribution is 1.27. The Labute approximate surface area is 56.1 Å². The summed E-state index contributed by atoms with van der Waals surface area (Å²) in [6.45, 7) is 1.85. The van der Waals surface area contributed by atoms with E-state index in [1.54, 1.807) is 0 Å². The summed E-state index contributed by atoms with van der Waals surface area (Å²) in [5, 5.41) is 0. The fourth-order valence-corrected chi connectivity index (χ4v) is 1.19. The van der Waals surface area contributed by atoms with Crippen molar-refractivity contribution < 1.29 is 0 Å². The van der Waals surface area contributed by atoms with Crippen molar-refractivity contribution in [2.24, 2.45) is 0 Å². The van der Waals surface area contributed by atoms with Crippen LogP contribution in [0, 0.1) is 6.92 Å². The third kappa shape index (κ3) is 0.809. The summed E-state index contributed by atoms with van der Waals surface area (Å²) in [7, 11) is 0. The number of aryl methyl sites for hydroxylation is 1. The largest absolute Gasteiger partial charge is 0.277 e. The number of aromatic nitrogens is 1. The number of H-pyrrole nitrogens is 1. The molecule has 0 aliphatic rings. The Kier molecular flexibility index (Phi) is 1.44. The summed E-state index contributed by atoms with van der Waals surface area (Å²) in [6, 6.07) is 0. The van der Waals surface area contributed by atoms with Crippen LogP contribution < -0.4 is 5.56 Å². The molecule has 1 aromatic rings. The van der Waals surface area contributed by atoms with E-state index in [1.807, 2.05) is 6.92 Å². The lowest BCUT2D eigenvalue weighted by Crippen LogP contribution is -1.96. The molecule has 0 saturated carbocycles. The zero-order valence-electron chi connectivity index (χ0n) is 4.26. The summed E-state index contributed by atoms with van der Waals surface area (Å²) in [6.07, 6.45) is 0. The minimum absolute atomic E-state index is 0.0872. The van der Waals surface area contributed by atoms with Gasteiger partial charge < -0.3 is 0 Å². The van der Waals surface area contributed by atoms with E-state index >= 15 is 0 Å². The zero-order chi connectivity index (χ0) is 6.15. The number of hydrogen-bond donors (Lipinski definition) is 2. The molecule has 0 radical (unpaired) electrons. The zero-order valence-corrected chi connectivity index (χ0v) is 5.97. The molecule has 0 bridgehead atoms. The van der Waals surface area contributed by atoms with Gasteiger partial charge in [0.05, 0.1) is 4.90 Å². The van der Waals surface area contributed by atoms with Gasteiger partial charge in [0.1, 0.15) is 0 Å². The van der Waals surface area contributed by atoms with Crippen molar-refractivity contribution in [3.05, 3.63) is 15.2 Å². The predicted octanol–water partition coefficient (Wildman–Crippen LogP) is 1.03. The van der Waals surface area contributed by atoms with Gasteiger partial charge in [-0.25, -0.2) is 0 Å². The van der Waals surface area contributed by atoms with Crippen molar-refractivity contribution in [3.63, 3.8) is 0 Å². The first-order valence-corrected chi connectivity index (χ1v) is 3.35. The van der Waals surface area contributed by atoms with Gasteiger partial charge in [-0.15, -0.1) is 12.6 Å². The summed E-state index contributed by atoms with van der Waals surface area (Å²) < 4.78 is 2.55. The molecule has 1 N–H and O–H groups in total. The Morgan fingerprint density at radius 2 is 2.38 bits per heavy atom. The van der Waals surface area contributed by atoms with Gasteiger partial charge in [-0.3, -0.25) is 9.17 Å². The Balaban J connectivity index is 3.41. The minimum atomic E-state index is -0.0872. The third-order valence-electron chi connectivity index (χ3n) is 0.845. The SMILES string of the molecule is Cc1s[nH]c(=O)c1S. The molecule has 0 fully saturated rings. The second-order valence-electron chi connectivity index (χ2n) is 1.44. The molecule has 0 spiro atoms. The number of aromatic amines is 1. The second-order valence-corrected chi connectivity index (χ2v) is 2.91. The van der Waals surface area contributed by atoms with Crippen LogP contribution >= 0.6 is 24.2 Å². The smallest absolute Gasteiger partial charge is 0.271 e. The minimum Gasteiger partial charge on any atom is -0.277 e. The lowest BCUT2D eigenvalue weighted by atomic mass is 10.5. The van der Waals surface area contributed by atoms with E-state index < -0.39 is 0 Å². The lowest BCUT2D eigenvalue weighted by Gasteiger charge is -1.75. The standard InChI is InChI=1S/C4H5NOS2/c1-2-3(7)4(6)5-8-2/h7H,1H3,(H,5,6). The van der Waals surface area contributed by atoms with Crippen molar-refractivity contribution in [2.75, 3.05) is 0 Å². The van der Waals surface area contributed by atoms with E-state index in [2.05, 4.69) is 17.0 Å². The van der Waals surface area contributed by atoms with Crippen LogP contribution in [0.4, 0.5) is 0 Å². The first kappa shape index (κ1) is 5.91. The number of rotatable bonds is 0. The summed E-state index contributed by atoms with van der Waals surface area (Å²) in [5.41, 5.74) is -0.0872. The average molecular weight is 147 g/mol. The Bertz CT molecular complexity index is 236. The van der Waals surface area contributed by atoms with Crippen LogP contribution in [0.15, 0.2) is 9.69 Å². The van der Waals surface area contributed by atoms with Crippen LogP contribution in [0.2, 0.25) is 0 Å². The van der Waals surface area contributed by atoms with Crippen LogP contribution in [-0.4, -0.2) is 4.37 Å². The van der Waals surface area contributed by atoms with Gasteiger partial charge in [0.25, 0.3) is 5.56 Å². The maximum atomic E-state index is 10.5. The van der Waals surface area contributed by atoms with E-state index in [4.69, 9.17) is 0 Å². The van der Waals surface area contributed by atoms with E-state index in [9.17, 15) is 4.79 Å². The van der Waals surface area contributed by atoms with Gasteiger partial charge in [-0.2, -0.15) is 0 Å². The molecule has 0 saturated heterocycles. The molecule has 0 aliphatic heterocycles. The first-order chi connectivity index (χ1) is 3.72. The van der Waals surface area contributed by atoms with Gasteiger partial charge in [-0.05, 0) is 6.92 Å².